The van der Waals surface area contributed by atoms with Crippen molar-refractivity contribution in [1.29, 1.82) is 0 Å². The molecule has 4 nitrogen and oxygen atoms in total. The number of hydrogen-bond donors (Lipinski definition) is 1. The number of ether oxygens (including phenoxy) is 1. The van der Waals surface area contributed by atoms with E-state index in [2.05, 4.69) is 6.92 Å². The van der Waals surface area contributed by atoms with E-state index in [1.165, 1.54) is 6.07 Å². The molecule has 1 rings (SSSR count). The van der Waals surface area contributed by atoms with E-state index >= 15 is 0 Å². The van der Waals surface area contributed by atoms with E-state index in [0.717, 1.165) is 24.2 Å². The van der Waals surface area contributed by atoms with Gasteiger partial charge in [-0.2, -0.15) is 0 Å². The van der Waals surface area contributed by atoms with Crippen LogP contribution < -0.4 is 9.88 Å². The zero-order valence-corrected chi connectivity index (χ0v) is 11.3. The average molecular weight is 257 g/mol. The molecule has 0 bridgehead atoms. The van der Waals surface area contributed by atoms with Crippen LogP contribution in [0, 0.1) is 13.8 Å². The van der Waals surface area contributed by atoms with Crippen molar-refractivity contribution < 1.29 is 13.2 Å². The van der Waals surface area contributed by atoms with Gasteiger partial charge >= 0.3 is 0 Å². The van der Waals surface area contributed by atoms with Gasteiger partial charge in [0, 0.05) is 0 Å². The number of primary sulfonamides is 1. The molecular formula is C12H19NO3S. The van der Waals surface area contributed by atoms with Crippen molar-refractivity contribution in [1.82, 2.24) is 0 Å². The van der Waals surface area contributed by atoms with Gasteiger partial charge in [0.25, 0.3) is 0 Å². The highest BCUT2D eigenvalue weighted by Gasteiger charge is 2.15. The number of benzene rings is 1. The first-order valence-electron chi connectivity index (χ1n) is 5.63. The summed E-state index contributed by atoms with van der Waals surface area (Å²) in [5.41, 5.74) is 1.48. The molecule has 0 amide bonds. The predicted molar refractivity (Wildman–Crippen MR) is 67.7 cm³/mol. The molecule has 0 unspecified atom stereocenters. The standard InChI is InChI=1S/C12H19NO3S/c1-4-5-8-16-11-6-7-12(17(13,14)15)10(3)9(11)2/h6-7H,4-5,8H2,1-3H3,(H2,13,14,15). The second-order valence-corrected chi connectivity index (χ2v) is 5.59. The third-order valence-electron chi connectivity index (χ3n) is 2.75. The first-order valence-corrected chi connectivity index (χ1v) is 7.18. The van der Waals surface area contributed by atoms with Gasteiger partial charge in [0.2, 0.25) is 10.0 Å². The first kappa shape index (κ1) is 14.0. The zero-order valence-electron chi connectivity index (χ0n) is 10.5. The maximum atomic E-state index is 11.3. The minimum absolute atomic E-state index is 0.165. The highest BCUT2D eigenvalue weighted by atomic mass is 32.2. The maximum Gasteiger partial charge on any atom is 0.238 e. The Kier molecular flexibility index (Phi) is 4.54. The molecule has 0 aromatic heterocycles. The fourth-order valence-electron chi connectivity index (χ4n) is 1.56. The molecule has 0 aliphatic heterocycles. The summed E-state index contributed by atoms with van der Waals surface area (Å²) in [7, 11) is -3.65. The molecule has 0 aliphatic rings. The lowest BCUT2D eigenvalue weighted by atomic mass is 10.1. The van der Waals surface area contributed by atoms with Crippen LogP contribution in [0.5, 0.6) is 5.75 Å². The number of rotatable bonds is 5. The van der Waals surface area contributed by atoms with Crippen molar-refractivity contribution >= 4 is 10.0 Å². The molecule has 1 aromatic carbocycles. The molecule has 0 saturated heterocycles. The number of sulfonamides is 1. The minimum Gasteiger partial charge on any atom is -0.493 e. The van der Waals surface area contributed by atoms with Crippen LogP contribution in [0.25, 0.3) is 0 Å². The second kappa shape index (κ2) is 5.51. The Labute approximate surface area is 103 Å². The summed E-state index contributed by atoms with van der Waals surface area (Å²) < 4.78 is 28.2. The van der Waals surface area contributed by atoms with E-state index in [1.807, 2.05) is 6.92 Å². The Morgan fingerprint density at radius 3 is 2.41 bits per heavy atom. The van der Waals surface area contributed by atoms with Crippen LogP contribution >= 0.6 is 0 Å². The van der Waals surface area contributed by atoms with Gasteiger partial charge in [0.1, 0.15) is 5.75 Å². The highest BCUT2D eigenvalue weighted by molar-refractivity contribution is 7.89. The zero-order chi connectivity index (χ0) is 13.1. The van der Waals surface area contributed by atoms with E-state index in [1.54, 1.807) is 13.0 Å². The molecule has 1 aromatic rings. The summed E-state index contributed by atoms with van der Waals surface area (Å²) in [6.07, 6.45) is 2.04. The van der Waals surface area contributed by atoms with Gasteiger partial charge in [-0.3, -0.25) is 0 Å². The SMILES string of the molecule is CCCCOc1ccc(S(N)(=O)=O)c(C)c1C. The fourth-order valence-corrected chi connectivity index (χ4v) is 2.40. The van der Waals surface area contributed by atoms with Crippen LogP contribution in [0.2, 0.25) is 0 Å². The van der Waals surface area contributed by atoms with Crippen molar-refractivity contribution in [2.45, 2.75) is 38.5 Å². The Balaban J connectivity index is 3.03. The van der Waals surface area contributed by atoms with Crippen molar-refractivity contribution in [2.24, 2.45) is 5.14 Å². The predicted octanol–water partition coefficient (Wildman–Crippen LogP) is 2.13. The molecular weight excluding hydrogens is 238 g/mol. The number of hydrogen-bond acceptors (Lipinski definition) is 3. The normalized spacial score (nSPS) is 11.5. The van der Waals surface area contributed by atoms with Crippen LogP contribution in [-0.4, -0.2) is 15.0 Å². The maximum absolute atomic E-state index is 11.3. The third-order valence-corrected chi connectivity index (χ3v) is 3.81. The minimum atomic E-state index is -3.65. The first-order chi connectivity index (χ1) is 7.88. The Morgan fingerprint density at radius 2 is 1.88 bits per heavy atom. The van der Waals surface area contributed by atoms with Gasteiger partial charge in [-0.1, -0.05) is 13.3 Å². The van der Waals surface area contributed by atoms with Gasteiger partial charge in [0.15, 0.2) is 0 Å². The molecule has 0 radical (unpaired) electrons. The van der Waals surface area contributed by atoms with E-state index < -0.39 is 10.0 Å². The molecule has 0 saturated carbocycles. The fraction of sp³-hybridized carbons (Fsp3) is 0.500. The molecule has 5 heteroatoms. The molecule has 0 heterocycles. The van der Waals surface area contributed by atoms with Gasteiger partial charge in [0.05, 0.1) is 11.5 Å². The van der Waals surface area contributed by atoms with Gasteiger partial charge in [-0.15, -0.1) is 0 Å². The molecule has 0 fully saturated rings. The smallest absolute Gasteiger partial charge is 0.238 e. The van der Waals surface area contributed by atoms with Gasteiger partial charge < -0.3 is 4.74 Å². The quantitative estimate of drug-likeness (QED) is 0.821. The second-order valence-electron chi connectivity index (χ2n) is 4.06. The number of unbranched alkanes of at least 4 members (excludes halogenated alkanes) is 1. The lowest BCUT2D eigenvalue weighted by Gasteiger charge is -2.13. The summed E-state index contributed by atoms with van der Waals surface area (Å²) in [4.78, 5) is 0.165. The van der Waals surface area contributed by atoms with Crippen LogP contribution in [0.1, 0.15) is 30.9 Å². The van der Waals surface area contributed by atoms with Crippen LogP contribution in [0.15, 0.2) is 17.0 Å². The Morgan fingerprint density at radius 1 is 1.24 bits per heavy atom. The lowest BCUT2D eigenvalue weighted by Crippen LogP contribution is -2.14. The molecule has 2 N–H and O–H groups in total. The summed E-state index contributed by atoms with van der Waals surface area (Å²) in [5, 5.41) is 5.13. The van der Waals surface area contributed by atoms with E-state index in [0.29, 0.717) is 12.2 Å². The summed E-state index contributed by atoms with van der Waals surface area (Å²) in [6, 6.07) is 3.16. The summed E-state index contributed by atoms with van der Waals surface area (Å²) >= 11 is 0. The van der Waals surface area contributed by atoms with E-state index in [-0.39, 0.29) is 4.90 Å². The van der Waals surface area contributed by atoms with Crippen LogP contribution in [-0.2, 0) is 10.0 Å². The van der Waals surface area contributed by atoms with E-state index in [9.17, 15) is 8.42 Å². The van der Waals surface area contributed by atoms with Crippen molar-refractivity contribution in [2.75, 3.05) is 6.61 Å². The molecule has 0 spiro atoms. The average Bonchev–Trinajstić information content (AvgIpc) is 2.23. The van der Waals surface area contributed by atoms with Crippen LogP contribution in [0.4, 0.5) is 0 Å². The Hall–Kier alpha value is -1.07. The monoisotopic (exact) mass is 257 g/mol. The summed E-state index contributed by atoms with van der Waals surface area (Å²) in [6.45, 7) is 6.31. The third kappa shape index (κ3) is 3.44. The molecule has 96 valence electrons. The molecule has 0 aliphatic carbocycles. The van der Waals surface area contributed by atoms with Gasteiger partial charge in [-0.05, 0) is 43.5 Å². The number of nitrogens with two attached hydrogens (primary N) is 1. The van der Waals surface area contributed by atoms with Crippen molar-refractivity contribution in [3.05, 3.63) is 23.3 Å². The van der Waals surface area contributed by atoms with Crippen LogP contribution in [0.3, 0.4) is 0 Å². The highest BCUT2D eigenvalue weighted by Crippen LogP contribution is 2.26. The Bertz CT molecular complexity index is 495. The van der Waals surface area contributed by atoms with Crippen molar-refractivity contribution in [3.8, 4) is 5.75 Å². The largest absolute Gasteiger partial charge is 0.493 e. The van der Waals surface area contributed by atoms with E-state index in [4.69, 9.17) is 9.88 Å². The van der Waals surface area contributed by atoms with Gasteiger partial charge in [-0.25, -0.2) is 13.6 Å². The summed E-state index contributed by atoms with van der Waals surface area (Å²) in [5.74, 6) is 0.725. The van der Waals surface area contributed by atoms with Crippen molar-refractivity contribution in [3.63, 3.8) is 0 Å². The molecule has 0 atom stereocenters. The lowest BCUT2D eigenvalue weighted by molar-refractivity contribution is 0.307. The topological polar surface area (TPSA) is 69.4 Å². The molecule has 17 heavy (non-hydrogen) atoms.